The third kappa shape index (κ3) is 2.98. The minimum Gasteiger partial charge on any atom is -0.463 e. The SMILES string of the molecule is CC1CCCCC1n1c(-c2ccco2)csc1=Nc1ccccc1. The number of hydrogen-bond acceptors (Lipinski definition) is 3. The molecule has 4 heteroatoms. The molecular weight excluding hydrogens is 316 g/mol. The van der Waals surface area contributed by atoms with Crippen LogP contribution in [0.25, 0.3) is 11.5 Å². The molecule has 0 amide bonds. The van der Waals surface area contributed by atoms with Crippen molar-refractivity contribution in [3.63, 3.8) is 0 Å². The van der Waals surface area contributed by atoms with E-state index in [0.29, 0.717) is 12.0 Å². The Morgan fingerprint density at radius 2 is 1.92 bits per heavy atom. The van der Waals surface area contributed by atoms with Crippen molar-refractivity contribution in [2.45, 2.75) is 38.6 Å². The van der Waals surface area contributed by atoms with Crippen molar-refractivity contribution in [3.8, 4) is 11.5 Å². The zero-order valence-electron chi connectivity index (χ0n) is 13.9. The van der Waals surface area contributed by atoms with Gasteiger partial charge in [0.25, 0.3) is 0 Å². The second kappa shape index (κ2) is 6.81. The lowest BCUT2D eigenvalue weighted by atomic mass is 9.85. The average Bonchev–Trinajstić information content (AvgIpc) is 3.26. The first-order chi connectivity index (χ1) is 11.8. The van der Waals surface area contributed by atoms with E-state index in [4.69, 9.17) is 9.41 Å². The third-order valence-corrected chi connectivity index (χ3v) is 5.73. The lowest BCUT2D eigenvalue weighted by Gasteiger charge is -2.31. The highest BCUT2D eigenvalue weighted by atomic mass is 32.1. The van der Waals surface area contributed by atoms with Crippen LogP contribution >= 0.6 is 11.3 Å². The van der Waals surface area contributed by atoms with Crippen molar-refractivity contribution in [3.05, 3.63) is 58.9 Å². The number of furan rings is 1. The Morgan fingerprint density at radius 1 is 1.08 bits per heavy atom. The van der Waals surface area contributed by atoms with Crippen LogP contribution in [0.1, 0.15) is 38.6 Å². The van der Waals surface area contributed by atoms with Crippen molar-refractivity contribution < 1.29 is 4.42 Å². The Morgan fingerprint density at radius 3 is 2.67 bits per heavy atom. The van der Waals surface area contributed by atoms with Gasteiger partial charge in [0.2, 0.25) is 0 Å². The van der Waals surface area contributed by atoms with Crippen LogP contribution in [-0.4, -0.2) is 4.57 Å². The van der Waals surface area contributed by atoms with Crippen LogP contribution in [0, 0.1) is 5.92 Å². The largest absolute Gasteiger partial charge is 0.463 e. The van der Waals surface area contributed by atoms with Crippen molar-refractivity contribution in [2.75, 3.05) is 0 Å². The van der Waals surface area contributed by atoms with Gasteiger partial charge in [-0.25, -0.2) is 4.99 Å². The molecule has 0 radical (unpaired) electrons. The van der Waals surface area contributed by atoms with Gasteiger partial charge in [-0.15, -0.1) is 11.3 Å². The summed E-state index contributed by atoms with van der Waals surface area (Å²) < 4.78 is 8.11. The lowest BCUT2D eigenvalue weighted by Crippen LogP contribution is -2.28. The van der Waals surface area contributed by atoms with Crippen molar-refractivity contribution in [1.29, 1.82) is 0 Å². The topological polar surface area (TPSA) is 30.4 Å². The van der Waals surface area contributed by atoms with E-state index in [1.54, 1.807) is 17.6 Å². The van der Waals surface area contributed by atoms with Crippen LogP contribution in [0.3, 0.4) is 0 Å². The van der Waals surface area contributed by atoms with Crippen molar-refractivity contribution >= 4 is 17.0 Å². The average molecular weight is 338 g/mol. The molecule has 3 nitrogen and oxygen atoms in total. The molecule has 2 aromatic heterocycles. The van der Waals surface area contributed by atoms with Gasteiger partial charge < -0.3 is 8.98 Å². The number of benzene rings is 1. The maximum atomic E-state index is 5.69. The molecule has 4 rings (SSSR count). The monoisotopic (exact) mass is 338 g/mol. The highest BCUT2D eigenvalue weighted by molar-refractivity contribution is 7.07. The van der Waals surface area contributed by atoms with E-state index in [0.717, 1.165) is 21.9 Å². The summed E-state index contributed by atoms with van der Waals surface area (Å²) in [5.74, 6) is 1.59. The molecule has 1 aliphatic rings. The molecule has 124 valence electrons. The smallest absolute Gasteiger partial charge is 0.190 e. The predicted octanol–water partition coefficient (Wildman–Crippen LogP) is 5.79. The molecule has 1 fully saturated rings. The van der Waals surface area contributed by atoms with Gasteiger partial charge in [0.05, 0.1) is 17.6 Å². The molecule has 0 N–H and O–H groups in total. The summed E-state index contributed by atoms with van der Waals surface area (Å²) in [6.45, 7) is 2.37. The number of thiazole rings is 1. The number of hydrogen-bond donors (Lipinski definition) is 0. The fourth-order valence-electron chi connectivity index (χ4n) is 3.62. The minimum atomic E-state index is 0.493. The molecule has 3 aromatic rings. The fraction of sp³-hybridized carbons (Fsp3) is 0.350. The summed E-state index contributed by atoms with van der Waals surface area (Å²) in [6.07, 6.45) is 6.88. The Bertz CT molecular complexity index is 845. The lowest BCUT2D eigenvalue weighted by molar-refractivity contribution is 0.255. The number of para-hydroxylation sites is 1. The first-order valence-corrected chi connectivity index (χ1v) is 9.54. The first kappa shape index (κ1) is 15.5. The van der Waals surface area contributed by atoms with Crippen molar-refractivity contribution in [2.24, 2.45) is 10.9 Å². The van der Waals surface area contributed by atoms with Gasteiger partial charge in [-0.2, -0.15) is 0 Å². The Labute approximate surface area is 146 Å². The first-order valence-electron chi connectivity index (χ1n) is 8.66. The quantitative estimate of drug-likeness (QED) is 0.594. The van der Waals surface area contributed by atoms with Crippen LogP contribution in [0.5, 0.6) is 0 Å². The maximum Gasteiger partial charge on any atom is 0.190 e. The Balaban J connectivity index is 1.87. The zero-order valence-corrected chi connectivity index (χ0v) is 14.7. The summed E-state index contributed by atoms with van der Waals surface area (Å²) in [6, 6.07) is 14.7. The van der Waals surface area contributed by atoms with Crippen LogP contribution in [0.2, 0.25) is 0 Å². The summed E-state index contributed by atoms with van der Waals surface area (Å²) in [5.41, 5.74) is 2.15. The molecule has 0 saturated heterocycles. The van der Waals surface area contributed by atoms with Crippen LogP contribution in [-0.2, 0) is 0 Å². The van der Waals surface area contributed by atoms with E-state index in [9.17, 15) is 0 Å². The van der Waals surface area contributed by atoms with Crippen LogP contribution in [0.4, 0.5) is 5.69 Å². The van der Waals surface area contributed by atoms with Gasteiger partial charge in [-0.3, -0.25) is 0 Å². The number of aromatic nitrogens is 1. The standard InChI is InChI=1S/C20H22N2OS/c1-15-8-5-6-11-17(15)22-18(19-12-7-13-23-19)14-24-20(22)21-16-9-3-2-4-10-16/h2-4,7,9-10,12-15,17H,5-6,8,11H2,1H3. The van der Waals surface area contributed by atoms with Gasteiger partial charge in [-0.05, 0) is 43.0 Å². The molecule has 1 aliphatic carbocycles. The molecule has 1 saturated carbocycles. The Kier molecular flexibility index (Phi) is 4.39. The molecule has 0 spiro atoms. The van der Waals surface area contributed by atoms with Gasteiger partial charge >= 0.3 is 0 Å². The Hall–Kier alpha value is -2.07. The highest BCUT2D eigenvalue weighted by Crippen LogP contribution is 2.36. The summed E-state index contributed by atoms with van der Waals surface area (Å²) in [5, 5.41) is 2.18. The van der Waals surface area contributed by atoms with E-state index in [1.807, 2.05) is 30.3 Å². The molecule has 0 bridgehead atoms. The minimum absolute atomic E-state index is 0.493. The van der Waals surface area contributed by atoms with Gasteiger partial charge in [-0.1, -0.05) is 38.0 Å². The van der Waals surface area contributed by atoms with Gasteiger partial charge in [0.1, 0.15) is 0 Å². The molecule has 0 aliphatic heterocycles. The molecule has 2 atom stereocenters. The summed E-state index contributed by atoms with van der Waals surface area (Å²) >= 11 is 1.70. The van der Waals surface area contributed by atoms with Crippen LogP contribution in [0.15, 0.2) is 63.5 Å². The van der Waals surface area contributed by atoms with E-state index >= 15 is 0 Å². The predicted molar refractivity (Wildman–Crippen MR) is 98.3 cm³/mol. The zero-order chi connectivity index (χ0) is 16.4. The van der Waals surface area contributed by atoms with Crippen molar-refractivity contribution in [1.82, 2.24) is 4.57 Å². The molecule has 24 heavy (non-hydrogen) atoms. The second-order valence-electron chi connectivity index (χ2n) is 6.53. The molecular formula is C20H22N2OS. The maximum absolute atomic E-state index is 5.69. The molecule has 1 aromatic carbocycles. The number of nitrogens with zero attached hydrogens (tertiary/aromatic N) is 2. The summed E-state index contributed by atoms with van der Waals surface area (Å²) in [7, 11) is 0. The summed E-state index contributed by atoms with van der Waals surface area (Å²) in [4.78, 5) is 5.98. The fourth-order valence-corrected chi connectivity index (χ4v) is 4.57. The highest BCUT2D eigenvalue weighted by Gasteiger charge is 2.26. The second-order valence-corrected chi connectivity index (χ2v) is 7.36. The molecule has 2 unspecified atom stereocenters. The third-order valence-electron chi connectivity index (χ3n) is 4.89. The molecule has 2 heterocycles. The van der Waals surface area contributed by atoms with Gasteiger partial charge in [0.15, 0.2) is 10.6 Å². The van der Waals surface area contributed by atoms with E-state index in [-0.39, 0.29) is 0 Å². The van der Waals surface area contributed by atoms with Crippen LogP contribution < -0.4 is 4.80 Å². The van der Waals surface area contributed by atoms with E-state index < -0.39 is 0 Å². The van der Waals surface area contributed by atoms with E-state index in [2.05, 4.69) is 29.0 Å². The number of rotatable bonds is 3. The normalized spacial score (nSPS) is 22.0. The van der Waals surface area contributed by atoms with E-state index in [1.165, 1.54) is 25.7 Å². The van der Waals surface area contributed by atoms with Gasteiger partial charge in [0, 0.05) is 11.4 Å².